The first-order valence-electron chi connectivity index (χ1n) is 9.47. The molecule has 1 aliphatic rings. The highest BCUT2D eigenvalue weighted by molar-refractivity contribution is 5.76. The number of rotatable bonds is 5. The molecule has 2 aromatic rings. The van der Waals surface area contributed by atoms with Gasteiger partial charge < -0.3 is 5.32 Å². The van der Waals surface area contributed by atoms with Gasteiger partial charge in [-0.25, -0.2) is 4.68 Å². The minimum atomic E-state index is -0.183. The highest BCUT2D eigenvalue weighted by Crippen LogP contribution is 2.29. The number of aryl methyl sites for hydroxylation is 1. The second-order valence-corrected chi connectivity index (χ2v) is 7.34. The second kappa shape index (κ2) is 8.30. The summed E-state index contributed by atoms with van der Waals surface area (Å²) in [6.07, 6.45) is 3.71. The Bertz CT molecular complexity index is 800. The molecule has 0 spiro atoms. The summed E-state index contributed by atoms with van der Waals surface area (Å²) in [7, 11) is 0. The normalized spacial score (nSPS) is 22.8. The summed E-state index contributed by atoms with van der Waals surface area (Å²) in [5.41, 5.74) is 1.51. The first-order valence-corrected chi connectivity index (χ1v) is 9.47. The number of benzene rings is 1. The SMILES string of the molecule is C[C@@H]1[C@H](C)CCC[C@H]1NC(=O)CCn1nc(-c2ccccc2)ccc1=O. The van der Waals surface area contributed by atoms with Crippen LogP contribution in [0.25, 0.3) is 11.3 Å². The van der Waals surface area contributed by atoms with Gasteiger partial charge in [-0.05, 0) is 24.3 Å². The number of hydrogen-bond acceptors (Lipinski definition) is 3. The molecule has 138 valence electrons. The van der Waals surface area contributed by atoms with E-state index in [1.54, 1.807) is 6.07 Å². The number of aromatic nitrogens is 2. The maximum atomic E-state index is 12.3. The Morgan fingerprint density at radius 3 is 2.69 bits per heavy atom. The summed E-state index contributed by atoms with van der Waals surface area (Å²) in [5, 5.41) is 7.57. The number of amides is 1. The highest BCUT2D eigenvalue weighted by atomic mass is 16.2. The molecule has 0 aliphatic heterocycles. The summed E-state index contributed by atoms with van der Waals surface area (Å²) >= 11 is 0. The number of carbonyl (C=O) groups excluding carboxylic acids is 1. The van der Waals surface area contributed by atoms with Gasteiger partial charge in [0, 0.05) is 24.1 Å². The predicted molar refractivity (Wildman–Crippen MR) is 103 cm³/mol. The molecule has 1 N–H and O–H groups in total. The van der Waals surface area contributed by atoms with E-state index in [1.165, 1.54) is 17.2 Å². The third-order valence-electron chi connectivity index (χ3n) is 5.54. The Labute approximate surface area is 154 Å². The van der Waals surface area contributed by atoms with Crippen molar-refractivity contribution in [3.05, 3.63) is 52.8 Å². The van der Waals surface area contributed by atoms with Gasteiger partial charge in [-0.1, -0.05) is 57.0 Å². The monoisotopic (exact) mass is 353 g/mol. The van der Waals surface area contributed by atoms with Crippen molar-refractivity contribution < 1.29 is 4.79 Å². The lowest BCUT2D eigenvalue weighted by molar-refractivity contribution is -0.122. The van der Waals surface area contributed by atoms with Gasteiger partial charge in [-0.2, -0.15) is 5.10 Å². The zero-order valence-electron chi connectivity index (χ0n) is 15.5. The lowest BCUT2D eigenvalue weighted by atomic mass is 9.78. The van der Waals surface area contributed by atoms with Crippen molar-refractivity contribution in [2.24, 2.45) is 11.8 Å². The fraction of sp³-hybridized carbons (Fsp3) is 0.476. The molecule has 1 aromatic heterocycles. The molecule has 26 heavy (non-hydrogen) atoms. The van der Waals surface area contributed by atoms with Crippen LogP contribution < -0.4 is 10.9 Å². The summed E-state index contributed by atoms with van der Waals surface area (Å²) in [5.74, 6) is 1.13. The molecule has 1 aliphatic carbocycles. The van der Waals surface area contributed by atoms with Crippen molar-refractivity contribution in [3.8, 4) is 11.3 Å². The Balaban J connectivity index is 1.62. The largest absolute Gasteiger partial charge is 0.353 e. The van der Waals surface area contributed by atoms with Gasteiger partial charge >= 0.3 is 0 Å². The van der Waals surface area contributed by atoms with E-state index in [2.05, 4.69) is 24.3 Å². The summed E-state index contributed by atoms with van der Waals surface area (Å²) in [6, 6.07) is 13.2. The molecule has 1 fully saturated rings. The van der Waals surface area contributed by atoms with Crippen LogP contribution in [0.1, 0.15) is 39.5 Å². The Kier molecular flexibility index (Phi) is 5.86. The van der Waals surface area contributed by atoms with Crippen molar-refractivity contribution in [2.45, 2.75) is 52.1 Å². The minimum Gasteiger partial charge on any atom is -0.353 e. The minimum absolute atomic E-state index is 0.00485. The number of hydrogen-bond donors (Lipinski definition) is 1. The Morgan fingerprint density at radius 1 is 1.15 bits per heavy atom. The lowest BCUT2D eigenvalue weighted by Crippen LogP contribution is -2.44. The van der Waals surface area contributed by atoms with Gasteiger partial charge in [-0.15, -0.1) is 0 Å². The van der Waals surface area contributed by atoms with E-state index >= 15 is 0 Å². The van der Waals surface area contributed by atoms with Crippen LogP contribution in [0.2, 0.25) is 0 Å². The topological polar surface area (TPSA) is 64.0 Å². The molecule has 1 saturated carbocycles. The van der Waals surface area contributed by atoms with Crippen molar-refractivity contribution in [3.63, 3.8) is 0 Å². The van der Waals surface area contributed by atoms with Crippen LogP contribution in [-0.2, 0) is 11.3 Å². The van der Waals surface area contributed by atoms with Gasteiger partial charge in [0.25, 0.3) is 5.56 Å². The summed E-state index contributed by atoms with van der Waals surface area (Å²) in [6.45, 7) is 4.76. The number of nitrogens with one attached hydrogen (secondary N) is 1. The van der Waals surface area contributed by atoms with E-state index in [0.29, 0.717) is 18.4 Å². The Hall–Kier alpha value is -2.43. The molecule has 0 unspecified atom stereocenters. The fourth-order valence-electron chi connectivity index (χ4n) is 3.64. The maximum Gasteiger partial charge on any atom is 0.266 e. The molecule has 5 heteroatoms. The highest BCUT2D eigenvalue weighted by Gasteiger charge is 2.27. The van der Waals surface area contributed by atoms with E-state index in [1.807, 2.05) is 30.3 Å². The molecular formula is C21H27N3O2. The van der Waals surface area contributed by atoms with Gasteiger partial charge in [0.2, 0.25) is 5.91 Å². The van der Waals surface area contributed by atoms with Crippen LogP contribution in [0.5, 0.6) is 0 Å². The molecule has 3 atom stereocenters. The maximum absolute atomic E-state index is 12.3. The quantitative estimate of drug-likeness (QED) is 0.897. The number of nitrogens with zero attached hydrogens (tertiary/aromatic N) is 2. The van der Waals surface area contributed by atoms with Crippen LogP contribution in [-0.4, -0.2) is 21.7 Å². The van der Waals surface area contributed by atoms with Crippen LogP contribution >= 0.6 is 0 Å². The third kappa shape index (κ3) is 4.40. The van der Waals surface area contributed by atoms with Gasteiger partial charge in [0.1, 0.15) is 0 Å². The zero-order chi connectivity index (χ0) is 18.5. The molecule has 5 nitrogen and oxygen atoms in total. The average molecular weight is 353 g/mol. The second-order valence-electron chi connectivity index (χ2n) is 7.34. The van der Waals surface area contributed by atoms with E-state index in [4.69, 9.17) is 0 Å². The smallest absolute Gasteiger partial charge is 0.266 e. The van der Waals surface area contributed by atoms with E-state index < -0.39 is 0 Å². The summed E-state index contributed by atoms with van der Waals surface area (Å²) in [4.78, 5) is 24.4. The van der Waals surface area contributed by atoms with Crippen molar-refractivity contribution >= 4 is 5.91 Å². The zero-order valence-corrected chi connectivity index (χ0v) is 15.5. The first-order chi connectivity index (χ1) is 12.5. The Morgan fingerprint density at radius 2 is 1.92 bits per heavy atom. The average Bonchev–Trinajstić information content (AvgIpc) is 2.65. The van der Waals surface area contributed by atoms with Crippen molar-refractivity contribution in [2.75, 3.05) is 0 Å². The van der Waals surface area contributed by atoms with Crippen LogP contribution in [0, 0.1) is 11.8 Å². The van der Waals surface area contributed by atoms with Crippen molar-refractivity contribution in [1.82, 2.24) is 15.1 Å². The molecule has 0 radical (unpaired) electrons. The van der Waals surface area contributed by atoms with Gasteiger partial charge in [0.05, 0.1) is 12.2 Å². The third-order valence-corrected chi connectivity index (χ3v) is 5.54. The lowest BCUT2D eigenvalue weighted by Gasteiger charge is -2.34. The van der Waals surface area contributed by atoms with Crippen LogP contribution in [0.15, 0.2) is 47.3 Å². The fourth-order valence-corrected chi connectivity index (χ4v) is 3.64. The molecule has 3 rings (SSSR count). The predicted octanol–water partition coefficient (Wildman–Crippen LogP) is 3.24. The van der Waals surface area contributed by atoms with Gasteiger partial charge in [0.15, 0.2) is 0 Å². The molecule has 1 amide bonds. The molecule has 1 heterocycles. The molecular weight excluding hydrogens is 326 g/mol. The van der Waals surface area contributed by atoms with Crippen molar-refractivity contribution in [1.29, 1.82) is 0 Å². The van der Waals surface area contributed by atoms with E-state index in [0.717, 1.165) is 24.1 Å². The van der Waals surface area contributed by atoms with Crippen LogP contribution in [0.4, 0.5) is 0 Å². The molecule has 0 bridgehead atoms. The molecule has 0 saturated heterocycles. The number of carbonyl (C=O) groups is 1. The van der Waals surface area contributed by atoms with E-state index in [-0.39, 0.29) is 23.9 Å². The van der Waals surface area contributed by atoms with E-state index in [9.17, 15) is 9.59 Å². The van der Waals surface area contributed by atoms with Crippen LogP contribution in [0.3, 0.4) is 0 Å². The van der Waals surface area contributed by atoms with Gasteiger partial charge in [-0.3, -0.25) is 9.59 Å². The standard InChI is InChI=1S/C21H27N3O2/c1-15-7-6-10-18(16(15)2)22-20(25)13-14-24-21(26)12-11-19(23-24)17-8-4-3-5-9-17/h3-5,8-9,11-12,15-16,18H,6-7,10,13-14H2,1-2H3,(H,22,25)/t15-,16-,18-/m1/s1. The summed E-state index contributed by atoms with van der Waals surface area (Å²) < 4.78 is 1.38. The first kappa shape index (κ1) is 18.4. The molecule has 1 aromatic carbocycles.